The van der Waals surface area contributed by atoms with Crippen molar-refractivity contribution >= 4 is 18.3 Å². The van der Waals surface area contributed by atoms with Gasteiger partial charge < -0.3 is 15.4 Å². The minimum absolute atomic E-state index is 0. The molecule has 2 N–H and O–H groups in total. The molecule has 0 aromatic rings. The average molecular weight is 237 g/mol. The van der Waals surface area contributed by atoms with Crippen LogP contribution in [0.4, 0.5) is 0 Å². The summed E-state index contributed by atoms with van der Waals surface area (Å²) in [5.41, 5.74) is 5.71. The summed E-state index contributed by atoms with van der Waals surface area (Å²) >= 11 is 0. The van der Waals surface area contributed by atoms with E-state index in [2.05, 4.69) is 6.92 Å². The predicted molar refractivity (Wildman–Crippen MR) is 62.1 cm³/mol. The SMILES string of the molecule is CCC1CCCN1C(=O)C(N)COC.Cl. The lowest BCUT2D eigenvalue weighted by Gasteiger charge is -2.26. The molecular weight excluding hydrogens is 216 g/mol. The van der Waals surface area contributed by atoms with E-state index in [0.29, 0.717) is 12.6 Å². The minimum atomic E-state index is -0.493. The van der Waals surface area contributed by atoms with Crippen molar-refractivity contribution < 1.29 is 9.53 Å². The third kappa shape index (κ3) is 3.63. The maximum atomic E-state index is 11.8. The van der Waals surface area contributed by atoms with Gasteiger partial charge in [0, 0.05) is 19.7 Å². The number of methoxy groups -OCH3 is 1. The van der Waals surface area contributed by atoms with Crippen molar-refractivity contribution in [3.8, 4) is 0 Å². The van der Waals surface area contributed by atoms with Crippen molar-refractivity contribution in [3.05, 3.63) is 0 Å². The molecule has 1 aliphatic rings. The molecule has 5 heteroatoms. The van der Waals surface area contributed by atoms with Crippen LogP contribution in [-0.2, 0) is 9.53 Å². The number of ether oxygens (including phenoxy) is 1. The lowest BCUT2D eigenvalue weighted by molar-refractivity contribution is -0.134. The molecule has 0 saturated carbocycles. The molecule has 0 aromatic carbocycles. The van der Waals surface area contributed by atoms with Crippen LogP contribution in [0.1, 0.15) is 26.2 Å². The molecule has 1 heterocycles. The van der Waals surface area contributed by atoms with Gasteiger partial charge in [0.25, 0.3) is 0 Å². The van der Waals surface area contributed by atoms with Crippen molar-refractivity contribution in [3.63, 3.8) is 0 Å². The fraction of sp³-hybridized carbons (Fsp3) is 0.900. The van der Waals surface area contributed by atoms with E-state index in [-0.39, 0.29) is 18.3 Å². The molecule has 90 valence electrons. The van der Waals surface area contributed by atoms with E-state index in [4.69, 9.17) is 10.5 Å². The van der Waals surface area contributed by atoms with Crippen molar-refractivity contribution in [2.24, 2.45) is 5.73 Å². The first-order chi connectivity index (χ1) is 6.70. The summed E-state index contributed by atoms with van der Waals surface area (Å²) < 4.78 is 4.88. The van der Waals surface area contributed by atoms with Crippen molar-refractivity contribution in [1.82, 2.24) is 4.90 Å². The predicted octanol–water partition coefficient (Wildman–Crippen LogP) is 0.783. The monoisotopic (exact) mass is 236 g/mol. The maximum Gasteiger partial charge on any atom is 0.242 e. The van der Waals surface area contributed by atoms with E-state index in [0.717, 1.165) is 25.8 Å². The first-order valence-corrected chi connectivity index (χ1v) is 5.25. The van der Waals surface area contributed by atoms with Gasteiger partial charge in [0.15, 0.2) is 0 Å². The number of hydrogen-bond acceptors (Lipinski definition) is 3. The van der Waals surface area contributed by atoms with Gasteiger partial charge in [-0.25, -0.2) is 0 Å². The highest BCUT2D eigenvalue weighted by atomic mass is 35.5. The van der Waals surface area contributed by atoms with Crippen LogP contribution in [0.3, 0.4) is 0 Å². The lowest BCUT2D eigenvalue weighted by atomic mass is 10.1. The lowest BCUT2D eigenvalue weighted by Crippen LogP contribution is -2.47. The summed E-state index contributed by atoms with van der Waals surface area (Å²) in [5.74, 6) is 0.0381. The van der Waals surface area contributed by atoms with Crippen LogP contribution in [0.25, 0.3) is 0 Å². The first kappa shape index (κ1) is 14.7. The molecule has 0 aromatic heterocycles. The first-order valence-electron chi connectivity index (χ1n) is 5.25. The Hall–Kier alpha value is -0.320. The summed E-state index contributed by atoms with van der Waals surface area (Å²) in [6.45, 7) is 3.28. The van der Waals surface area contributed by atoms with Gasteiger partial charge >= 0.3 is 0 Å². The normalized spacial score (nSPS) is 22.3. The Morgan fingerprint density at radius 1 is 1.67 bits per heavy atom. The molecule has 1 amide bonds. The van der Waals surface area contributed by atoms with Crippen LogP contribution in [-0.4, -0.2) is 43.2 Å². The number of hydrogen-bond donors (Lipinski definition) is 1. The van der Waals surface area contributed by atoms with Gasteiger partial charge in [-0.3, -0.25) is 4.79 Å². The average Bonchev–Trinajstić information content (AvgIpc) is 2.64. The summed E-state index contributed by atoms with van der Waals surface area (Å²) in [6, 6.07) is -0.0995. The number of carbonyl (C=O) groups is 1. The zero-order valence-electron chi connectivity index (χ0n) is 9.44. The van der Waals surface area contributed by atoms with Gasteiger partial charge in [-0.1, -0.05) is 6.92 Å². The molecule has 0 aliphatic carbocycles. The van der Waals surface area contributed by atoms with Crippen LogP contribution in [0.2, 0.25) is 0 Å². The van der Waals surface area contributed by atoms with E-state index in [9.17, 15) is 4.79 Å². The number of halogens is 1. The van der Waals surface area contributed by atoms with Gasteiger partial charge in [-0.2, -0.15) is 0 Å². The fourth-order valence-electron chi connectivity index (χ4n) is 2.01. The van der Waals surface area contributed by atoms with Gasteiger partial charge in [-0.05, 0) is 19.3 Å². The number of amides is 1. The quantitative estimate of drug-likeness (QED) is 0.785. The van der Waals surface area contributed by atoms with Gasteiger partial charge in [0.05, 0.1) is 6.61 Å². The molecule has 1 rings (SSSR count). The van der Waals surface area contributed by atoms with Crippen molar-refractivity contribution in [1.29, 1.82) is 0 Å². The Bertz CT molecular complexity index is 202. The summed E-state index contributed by atoms with van der Waals surface area (Å²) in [5, 5.41) is 0. The number of nitrogens with two attached hydrogens (primary N) is 1. The number of carbonyl (C=O) groups excluding carboxylic acids is 1. The van der Waals surface area contributed by atoms with E-state index >= 15 is 0 Å². The summed E-state index contributed by atoms with van der Waals surface area (Å²) in [4.78, 5) is 13.7. The number of likely N-dealkylation sites (tertiary alicyclic amines) is 1. The molecule has 0 radical (unpaired) electrons. The maximum absolute atomic E-state index is 11.8. The van der Waals surface area contributed by atoms with Crippen LogP contribution >= 0.6 is 12.4 Å². The molecule has 2 unspecified atom stereocenters. The Labute approximate surface area is 97.5 Å². The molecule has 1 aliphatic heterocycles. The van der Waals surface area contributed by atoms with E-state index in [1.165, 1.54) is 0 Å². The van der Waals surface area contributed by atoms with E-state index in [1.807, 2.05) is 4.90 Å². The molecule has 2 atom stereocenters. The third-order valence-corrected chi connectivity index (χ3v) is 2.79. The largest absolute Gasteiger partial charge is 0.383 e. The smallest absolute Gasteiger partial charge is 0.242 e. The van der Waals surface area contributed by atoms with Crippen LogP contribution in [0.15, 0.2) is 0 Å². The second-order valence-electron chi connectivity index (χ2n) is 3.80. The minimum Gasteiger partial charge on any atom is -0.383 e. The Morgan fingerprint density at radius 2 is 2.33 bits per heavy atom. The zero-order chi connectivity index (χ0) is 10.6. The number of rotatable bonds is 4. The highest BCUT2D eigenvalue weighted by Gasteiger charge is 2.30. The summed E-state index contributed by atoms with van der Waals surface area (Å²) in [6.07, 6.45) is 3.23. The topological polar surface area (TPSA) is 55.6 Å². The highest BCUT2D eigenvalue weighted by Crippen LogP contribution is 2.20. The molecule has 15 heavy (non-hydrogen) atoms. The van der Waals surface area contributed by atoms with Crippen molar-refractivity contribution in [2.45, 2.75) is 38.3 Å². The number of nitrogens with zero attached hydrogens (tertiary/aromatic N) is 1. The van der Waals surface area contributed by atoms with Gasteiger partial charge in [0.1, 0.15) is 6.04 Å². The van der Waals surface area contributed by atoms with Crippen LogP contribution in [0, 0.1) is 0 Å². The fourth-order valence-corrected chi connectivity index (χ4v) is 2.01. The third-order valence-electron chi connectivity index (χ3n) is 2.79. The molecular formula is C10H21ClN2O2. The highest BCUT2D eigenvalue weighted by molar-refractivity contribution is 5.85. The Morgan fingerprint density at radius 3 is 2.87 bits per heavy atom. The molecule has 4 nitrogen and oxygen atoms in total. The Balaban J connectivity index is 0.00000196. The standard InChI is InChI=1S/C10H20N2O2.ClH/c1-3-8-5-4-6-12(8)10(13)9(11)7-14-2;/h8-9H,3-7,11H2,1-2H3;1H. The van der Waals surface area contributed by atoms with Crippen molar-refractivity contribution in [2.75, 3.05) is 20.3 Å². The second kappa shape index (κ2) is 7.04. The second-order valence-corrected chi connectivity index (χ2v) is 3.80. The zero-order valence-corrected chi connectivity index (χ0v) is 10.3. The summed E-state index contributed by atoms with van der Waals surface area (Å²) in [7, 11) is 1.56. The van der Waals surface area contributed by atoms with E-state index in [1.54, 1.807) is 7.11 Å². The Kier molecular flexibility index (Phi) is 6.89. The van der Waals surface area contributed by atoms with Crippen LogP contribution in [0.5, 0.6) is 0 Å². The van der Waals surface area contributed by atoms with Crippen LogP contribution < -0.4 is 5.73 Å². The molecule has 1 fully saturated rings. The molecule has 0 spiro atoms. The van der Waals surface area contributed by atoms with E-state index < -0.39 is 6.04 Å². The van der Waals surface area contributed by atoms with Gasteiger partial charge in [-0.15, -0.1) is 12.4 Å². The molecule has 0 bridgehead atoms. The molecule has 1 saturated heterocycles. The van der Waals surface area contributed by atoms with Gasteiger partial charge in [0.2, 0.25) is 5.91 Å².